The van der Waals surface area contributed by atoms with Gasteiger partial charge in [-0.15, -0.1) is 16.4 Å². The largest absolute Gasteiger partial charge is 0.464 e. The van der Waals surface area contributed by atoms with Crippen molar-refractivity contribution in [2.24, 2.45) is 7.05 Å². The zero-order chi connectivity index (χ0) is 27.2. The Bertz CT molecular complexity index is 1650. The third-order valence-electron chi connectivity index (χ3n) is 6.15. The van der Waals surface area contributed by atoms with Crippen molar-refractivity contribution < 1.29 is 14.3 Å². The number of benzene rings is 3. The second-order valence-electron chi connectivity index (χ2n) is 10.1. The van der Waals surface area contributed by atoms with E-state index in [0.717, 1.165) is 54.1 Å². The van der Waals surface area contributed by atoms with Gasteiger partial charge in [-0.05, 0) is 82.1 Å². The van der Waals surface area contributed by atoms with E-state index in [4.69, 9.17) is 26.1 Å². The summed E-state index contributed by atoms with van der Waals surface area (Å²) in [5, 5.41) is 9.80. The monoisotopic (exact) mass is 548 g/mol. The highest BCUT2D eigenvalue weighted by atomic mass is 35.5. The number of ether oxygens (including phenoxy) is 2. The highest BCUT2D eigenvalue weighted by Crippen LogP contribution is 2.44. The third kappa shape index (κ3) is 5.04. The number of fused-ring (bicyclic) bond motifs is 2. The van der Waals surface area contributed by atoms with E-state index in [1.54, 1.807) is 22.9 Å². The van der Waals surface area contributed by atoms with Crippen LogP contribution < -0.4 is 0 Å². The second-order valence-corrected chi connectivity index (χ2v) is 11.6. The molecule has 0 spiro atoms. The van der Waals surface area contributed by atoms with Crippen LogP contribution in [0.5, 0.6) is 0 Å². The number of esters is 1. The van der Waals surface area contributed by atoms with Crippen LogP contribution in [0.25, 0.3) is 42.9 Å². The Kier molecular flexibility index (Phi) is 6.98. The normalized spacial score (nSPS) is 12.8. The molecule has 1 atom stereocenters. The molecule has 5 aromatic rings. The van der Waals surface area contributed by atoms with Gasteiger partial charge < -0.3 is 9.47 Å². The number of hydrogen-bond acceptors (Lipinski definition) is 7. The van der Waals surface area contributed by atoms with Gasteiger partial charge in [-0.3, -0.25) is 0 Å². The van der Waals surface area contributed by atoms with Crippen LogP contribution in [0.15, 0.2) is 48.5 Å². The first kappa shape index (κ1) is 26.3. The lowest BCUT2D eigenvalue weighted by Gasteiger charge is -2.29. The maximum Gasteiger partial charge on any atom is 0.339 e. The van der Waals surface area contributed by atoms with Crippen molar-refractivity contribution in [2.75, 3.05) is 6.61 Å². The van der Waals surface area contributed by atoms with Crippen LogP contribution in [0, 0.1) is 6.92 Å². The molecular formula is C29H29ClN4O3S. The Hall–Kier alpha value is -3.33. The highest BCUT2D eigenvalue weighted by Gasteiger charge is 2.33. The second kappa shape index (κ2) is 10.1. The molecule has 9 heteroatoms. The Morgan fingerprint density at radius 2 is 1.79 bits per heavy atom. The minimum atomic E-state index is -0.910. The lowest BCUT2D eigenvalue weighted by atomic mass is 9.91. The number of carbonyl (C=O) groups is 1. The van der Waals surface area contributed by atoms with E-state index in [1.165, 1.54) is 0 Å². The van der Waals surface area contributed by atoms with Crippen molar-refractivity contribution in [1.82, 2.24) is 20.0 Å². The van der Waals surface area contributed by atoms with Gasteiger partial charge in [0.15, 0.2) is 6.10 Å². The van der Waals surface area contributed by atoms with Gasteiger partial charge >= 0.3 is 5.97 Å². The first-order chi connectivity index (χ1) is 18.1. The molecule has 0 aliphatic rings. The quantitative estimate of drug-likeness (QED) is 0.207. The molecule has 38 heavy (non-hydrogen) atoms. The summed E-state index contributed by atoms with van der Waals surface area (Å²) in [4.78, 5) is 18.3. The van der Waals surface area contributed by atoms with Crippen LogP contribution >= 0.6 is 22.9 Å². The third-order valence-corrected chi connectivity index (χ3v) is 7.54. The van der Waals surface area contributed by atoms with Gasteiger partial charge in [-0.1, -0.05) is 28.9 Å². The molecule has 0 aliphatic heterocycles. The molecule has 7 nitrogen and oxygen atoms in total. The van der Waals surface area contributed by atoms with Crippen LogP contribution in [0.3, 0.4) is 0 Å². The Morgan fingerprint density at radius 3 is 2.47 bits per heavy atom. The molecule has 0 bridgehead atoms. The predicted octanol–water partition coefficient (Wildman–Crippen LogP) is 7.29. The molecule has 0 radical (unpaired) electrons. The molecule has 0 fully saturated rings. The first-order valence-electron chi connectivity index (χ1n) is 12.4. The molecule has 0 saturated carbocycles. The van der Waals surface area contributed by atoms with E-state index >= 15 is 0 Å². The van der Waals surface area contributed by atoms with Crippen molar-refractivity contribution in [3.05, 3.63) is 64.7 Å². The molecule has 2 aromatic heterocycles. The maximum absolute atomic E-state index is 13.3. The topological polar surface area (TPSA) is 79.1 Å². The minimum Gasteiger partial charge on any atom is -0.464 e. The van der Waals surface area contributed by atoms with E-state index < -0.39 is 17.7 Å². The average molecular weight is 549 g/mol. The number of hydrogen-bond donors (Lipinski definition) is 0. The zero-order valence-electron chi connectivity index (χ0n) is 22.2. The molecular weight excluding hydrogens is 520 g/mol. The van der Waals surface area contributed by atoms with Gasteiger partial charge in [-0.25, -0.2) is 14.5 Å². The summed E-state index contributed by atoms with van der Waals surface area (Å²) in [5.74, 6) is -0.418. The minimum absolute atomic E-state index is 0.260. The number of aromatic nitrogens is 4. The standard InChI is InChI=1S/C29H29ClN4O3S/c1-7-36-28(35)25(37-29(3,4)5)23-16(2)14-21-26(24(23)17-8-11-19(30)12-9-17)38-27(31-21)18-10-13-20-22(15-18)34(6)33-32-20/h8-15,25H,7H2,1-6H3/t25-/m0/s1. The zero-order valence-corrected chi connectivity index (χ0v) is 23.8. The summed E-state index contributed by atoms with van der Waals surface area (Å²) in [7, 11) is 1.87. The van der Waals surface area contributed by atoms with Crippen LogP contribution in [0.2, 0.25) is 5.02 Å². The smallest absolute Gasteiger partial charge is 0.339 e. The van der Waals surface area contributed by atoms with E-state index in [2.05, 4.69) is 10.3 Å². The van der Waals surface area contributed by atoms with Gasteiger partial charge in [0, 0.05) is 28.8 Å². The molecule has 0 unspecified atom stereocenters. The molecule has 0 aliphatic carbocycles. The summed E-state index contributed by atoms with van der Waals surface area (Å²) in [6.07, 6.45) is -0.910. The van der Waals surface area contributed by atoms with E-state index in [-0.39, 0.29) is 6.61 Å². The van der Waals surface area contributed by atoms with Gasteiger partial charge in [0.1, 0.15) is 10.5 Å². The van der Waals surface area contributed by atoms with Crippen LogP contribution in [-0.2, 0) is 21.3 Å². The first-order valence-corrected chi connectivity index (χ1v) is 13.6. The number of aryl methyl sites for hydroxylation is 2. The lowest BCUT2D eigenvalue weighted by molar-refractivity contribution is -0.166. The Morgan fingerprint density at radius 1 is 1.08 bits per heavy atom. The molecule has 0 saturated heterocycles. The van der Waals surface area contributed by atoms with Gasteiger partial charge in [-0.2, -0.15) is 0 Å². The molecule has 0 N–H and O–H groups in total. The van der Waals surface area contributed by atoms with Crippen molar-refractivity contribution in [1.29, 1.82) is 0 Å². The average Bonchev–Trinajstić information content (AvgIpc) is 3.45. The van der Waals surface area contributed by atoms with Crippen molar-refractivity contribution in [2.45, 2.75) is 46.3 Å². The predicted molar refractivity (Wildman–Crippen MR) is 153 cm³/mol. The van der Waals surface area contributed by atoms with Crippen LogP contribution in [0.4, 0.5) is 0 Å². The summed E-state index contributed by atoms with van der Waals surface area (Å²) >= 11 is 7.82. The highest BCUT2D eigenvalue weighted by molar-refractivity contribution is 7.22. The van der Waals surface area contributed by atoms with Crippen molar-refractivity contribution in [3.63, 3.8) is 0 Å². The van der Waals surface area contributed by atoms with Gasteiger partial charge in [0.25, 0.3) is 0 Å². The maximum atomic E-state index is 13.3. The molecule has 5 rings (SSSR count). The van der Waals surface area contributed by atoms with E-state index in [1.807, 2.05) is 83.3 Å². The number of nitrogens with zero attached hydrogens (tertiary/aromatic N) is 4. The molecule has 3 aromatic carbocycles. The molecule has 0 amide bonds. The van der Waals surface area contributed by atoms with Crippen molar-refractivity contribution in [3.8, 4) is 21.7 Å². The molecule has 196 valence electrons. The van der Waals surface area contributed by atoms with E-state index in [0.29, 0.717) is 5.02 Å². The van der Waals surface area contributed by atoms with Crippen LogP contribution in [-0.4, -0.2) is 38.2 Å². The van der Waals surface area contributed by atoms with Crippen molar-refractivity contribution >= 4 is 50.2 Å². The Labute approximate surface area is 230 Å². The number of thiazole rings is 1. The number of halogens is 1. The summed E-state index contributed by atoms with van der Waals surface area (Å²) < 4.78 is 14.6. The Balaban J connectivity index is 1.78. The fraction of sp³-hybridized carbons (Fsp3) is 0.310. The van der Waals surface area contributed by atoms with Crippen LogP contribution in [0.1, 0.15) is 44.9 Å². The molecule has 2 heterocycles. The SMILES string of the molecule is CCOC(=O)[C@@H](OC(C)(C)C)c1c(C)cc2nc(-c3ccc4nnn(C)c4c3)sc2c1-c1ccc(Cl)cc1. The van der Waals surface area contributed by atoms with Gasteiger partial charge in [0.2, 0.25) is 0 Å². The fourth-order valence-corrected chi connectivity index (χ4v) is 5.78. The summed E-state index contributed by atoms with van der Waals surface area (Å²) in [6, 6.07) is 15.7. The number of carbonyl (C=O) groups excluding carboxylic acids is 1. The fourth-order valence-electron chi connectivity index (χ4n) is 4.54. The van der Waals surface area contributed by atoms with Gasteiger partial charge in [0.05, 0.1) is 27.9 Å². The lowest BCUT2D eigenvalue weighted by Crippen LogP contribution is -2.29. The summed E-state index contributed by atoms with van der Waals surface area (Å²) in [6.45, 7) is 9.84. The van der Waals surface area contributed by atoms with E-state index in [9.17, 15) is 4.79 Å². The number of rotatable bonds is 6. The summed E-state index contributed by atoms with van der Waals surface area (Å²) in [5.41, 5.74) is 6.48.